The molecule has 0 radical (unpaired) electrons. The topological polar surface area (TPSA) is 60.2 Å². The summed E-state index contributed by atoms with van der Waals surface area (Å²) >= 11 is 0. The van der Waals surface area contributed by atoms with Crippen LogP contribution < -0.4 is 5.73 Å². The molecule has 1 aliphatic carbocycles. The number of rotatable bonds is 0. The Kier molecular flexibility index (Phi) is 1.85. The first-order chi connectivity index (χ1) is 4.75. The molecule has 3 heteroatoms. The second-order valence-electron chi connectivity index (χ2n) is 2.28. The van der Waals surface area contributed by atoms with Gasteiger partial charge in [0.25, 0.3) is 0 Å². The summed E-state index contributed by atoms with van der Waals surface area (Å²) in [6.45, 7) is 0. The molecule has 0 heterocycles. The average molecular weight is 139 g/mol. The van der Waals surface area contributed by atoms with Gasteiger partial charge in [0.2, 0.25) is 0 Å². The fraction of sp³-hybridized carbons (Fsp3) is 0.429. The number of hydrogen-bond donors (Lipinski definition) is 1. The highest BCUT2D eigenvalue weighted by atomic mass is 16.1. The number of ketones is 2. The van der Waals surface area contributed by atoms with Gasteiger partial charge in [-0.25, -0.2) is 0 Å². The van der Waals surface area contributed by atoms with Gasteiger partial charge in [-0.1, -0.05) is 0 Å². The number of carbonyl (C=O) groups is 2. The van der Waals surface area contributed by atoms with Crippen LogP contribution >= 0.6 is 0 Å². The van der Waals surface area contributed by atoms with Crippen molar-refractivity contribution in [1.82, 2.24) is 0 Å². The molecule has 10 heavy (non-hydrogen) atoms. The fourth-order valence-electron chi connectivity index (χ4n) is 1.02. The van der Waals surface area contributed by atoms with Crippen LogP contribution in [0, 0.1) is 0 Å². The normalized spacial score (nSPS) is 19.4. The first-order valence-corrected chi connectivity index (χ1v) is 3.24. The zero-order chi connectivity index (χ0) is 7.56. The van der Waals surface area contributed by atoms with Crippen molar-refractivity contribution in [2.45, 2.75) is 19.3 Å². The summed E-state index contributed by atoms with van der Waals surface area (Å²) in [6.07, 6.45) is 2.72. The van der Waals surface area contributed by atoms with E-state index in [-0.39, 0.29) is 17.1 Å². The second kappa shape index (κ2) is 2.64. The van der Waals surface area contributed by atoms with E-state index in [1.807, 2.05) is 0 Å². The van der Waals surface area contributed by atoms with Crippen molar-refractivity contribution in [2.75, 3.05) is 0 Å². The van der Waals surface area contributed by atoms with Crippen LogP contribution in [-0.2, 0) is 9.59 Å². The van der Waals surface area contributed by atoms with E-state index >= 15 is 0 Å². The molecule has 0 aromatic heterocycles. The van der Waals surface area contributed by atoms with Crippen molar-refractivity contribution >= 4 is 11.6 Å². The number of Topliss-reactive ketones (excluding diaryl/α,β-unsaturated/α-hetero) is 2. The monoisotopic (exact) mass is 139 g/mol. The van der Waals surface area contributed by atoms with Crippen LogP contribution in [0.3, 0.4) is 0 Å². The van der Waals surface area contributed by atoms with Crippen LogP contribution in [-0.4, -0.2) is 11.6 Å². The maximum Gasteiger partial charge on any atom is 0.167 e. The first-order valence-electron chi connectivity index (χ1n) is 3.24. The summed E-state index contributed by atoms with van der Waals surface area (Å²) in [5, 5.41) is 0. The van der Waals surface area contributed by atoms with Gasteiger partial charge in [-0.15, -0.1) is 0 Å². The van der Waals surface area contributed by atoms with E-state index in [4.69, 9.17) is 5.73 Å². The van der Waals surface area contributed by atoms with Crippen molar-refractivity contribution in [3.05, 3.63) is 11.8 Å². The minimum atomic E-state index is -0.112. The molecule has 0 aromatic carbocycles. The van der Waals surface area contributed by atoms with Gasteiger partial charge in [-0.05, 0) is 6.42 Å². The summed E-state index contributed by atoms with van der Waals surface area (Å²) in [7, 11) is 0. The van der Waals surface area contributed by atoms with E-state index in [2.05, 4.69) is 0 Å². The molecule has 1 saturated carbocycles. The van der Waals surface area contributed by atoms with Crippen molar-refractivity contribution in [3.63, 3.8) is 0 Å². The van der Waals surface area contributed by atoms with E-state index in [9.17, 15) is 9.59 Å². The summed E-state index contributed by atoms with van der Waals surface area (Å²) < 4.78 is 0. The molecule has 0 bridgehead atoms. The van der Waals surface area contributed by atoms with E-state index in [1.54, 1.807) is 0 Å². The minimum Gasteiger partial charge on any atom is -0.404 e. The molecule has 0 saturated heterocycles. The number of carbonyl (C=O) groups excluding carboxylic acids is 2. The summed E-state index contributed by atoms with van der Waals surface area (Å²) in [5.74, 6) is -0.225. The van der Waals surface area contributed by atoms with Gasteiger partial charge in [-0.2, -0.15) is 0 Å². The molecule has 0 unspecified atom stereocenters. The Balaban J connectivity index is 2.83. The summed E-state index contributed by atoms with van der Waals surface area (Å²) in [4.78, 5) is 21.7. The van der Waals surface area contributed by atoms with Gasteiger partial charge in [0.15, 0.2) is 11.6 Å². The maximum absolute atomic E-state index is 10.9. The lowest BCUT2D eigenvalue weighted by Crippen LogP contribution is -2.19. The third-order valence-corrected chi connectivity index (χ3v) is 1.58. The molecular weight excluding hydrogens is 130 g/mol. The van der Waals surface area contributed by atoms with Crippen LogP contribution in [0.15, 0.2) is 11.8 Å². The molecule has 3 nitrogen and oxygen atoms in total. The Labute approximate surface area is 58.9 Å². The molecular formula is C7H9NO2. The molecule has 0 amide bonds. The van der Waals surface area contributed by atoms with E-state index < -0.39 is 0 Å². The predicted octanol–water partition coefficient (Wildman–Crippen LogP) is 0.151. The van der Waals surface area contributed by atoms with Crippen molar-refractivity contribution in [2.24, 2.45) is 5.73 Å². The van der Waals surface area contributed by atoms with E-state index in [1.165, 1.54) is 0 Å². The smallest absolute Gasteiger partial charge is 0.167 e. The minimum absolute atomic E-state index is 0.112. The Morgan fingerprint density at radius 3 is 2.00 bits per heavy atom. The lowest BCUT2D eigenvalue weighted by atomic mass is 9.93. The zero-order valence-corrected chi connectivity index (χ0v) is 5.59. The molecule has 0 aliphatic heterocycles. The molecule has 0 aromatic rings. The van der Waals surface area contributed by atoms with Crippen LogP contribution in [0.2, 0.25) is 0 Å². The molecule has 54 valence electrons. The molecule has 1 fully saturated rings. The lowest BCUT2D eigenvalue weighted by molar-refractivity contribution is -0.123. The zero-order valence-electron chi connectivity index (χ0n) is 5.59. The van der Waals surface area contributed by atoms with Gasteiger partial charge in [0.05, 0.1) is 5.57 Å². The Hall–Kier alpha value is -1.12. The van der Waals surface area contributed by atoms with Gasteiger partial charge < -0.3 is 5.73 Å². The quantitative estimate of drug-likeness (QED) is 0.384. The SMILES string of the molecule is NC=C1C(=O)CCCC1=O. The number of nitrogens with two attached hydrogens (primary N) is 1. The summed E-state index contributed by atoms with van der Waals surface area (Å²) in [5.41, 5.74) is 5.27. The highest BCUT2D eigenvalue weighted by Gasteiger charge is 2.21. The van der Waals surface area contributed by atoms with Crippen molar-refractivity contribution in [3.8, 4) is 0 Å². The van der Waals surface area contributed by atoms with E-state index in [0.717, 1.165) is 6.20 Å². The van der Waals surface area contributed by atoms with Gasteiger partial charge in [-0.3, -0.25) is 9.59 Å². The van der Waals surface area contributed by atoms with Gasteiger partial charge >= 0.3 is 0 Å². The van der Waals surface area contributed by atoms with Gasteiger partial charge in [0.1, 0.15) is 0 Å². The Morgan fingerprint density at radius 1 is 1.20 bits per heavy atom. The Morgan fingerprint density at radius 2 is 1.70 bits per heavy atom. The highest BCUT2D eigenvalue weighted by molar-refractivity contribution is 6.21. The molecule has 1 rings (SSSR count). The third-order valence-electron chi connectivity index (χ3n) is 1.58. The van der Waals surface area contributed by atoms with Crippen LogP contribution in [0.25, 0.3) is 0 Å². The Bertz CT molecular complexity index is 188. The molecule has 0 atom stereocenters. The van der Waals surface area contributed by atoms with Gasteiger partial charge in [0, 0.05) is 19.0 Å². The highest BCUT2D eigenvalue weighted by Crippen LogP contribution is 2.14. The third kappa shape index (κ3) is 1.07. The summed E-state index contributed by atoms with van der Waals surface area (Å²) in [6, 6.07) is 0. The van der Waals surface area contributed by atoms with Crippen molar-refractivity contribution < 1.29 is 9.59 Å². The van der Waals surface area contributed by atoms with E-state index in [0.29, 0.717) is 19.3 Å². The molecule has 2 N–H and O–H groups in total. The molecule has 1 aliphatic rings. The number of hydrogen-bond acceptors (Lipinski definition) is 3. The number of allylic oxidation sites excluding steroid dienone is 1. The lowest BCUT2D eigenvalue weighted by Gasteiger charge is -2.09. The predicted molar refractivity (Wildman–Crippen MR) is 36.1 cm³/mol. The first kappa shape index (κ1) is 6.99. The average Bonchev–Trinajstić information content (AvgIpc) is 1.88. The van der Waals surface area contributed by atoms with Crippen LogP contribution in [0.4, 0.5) is 0 Å². The molecule has 0 spiro atoms. The largest absolute Gasteiger partial charge is 0.404 e. The standard InChI is InChI=1S/C7H9NO2/c8-4-5-6(9)2-1-3-7(5)10/h4H,1-3,8H2. The van der Waals surface area contributed by atoms with Crippen molar-refractivity contribution in [1.29, 1.82) is 0 Å². The fourth-order valence-corrected chi connectivity index (χ4v) is 1.02. The van der Waals surface area contributed by atoms with Crippen LogP contribution in [0.1, 0.15) is 19.3 Å². The maximum atomic E-state index is 10.9. The van der Waals surface area contributed by atoms with Crippen LogP contribution in [0.5, 0.6) is 0 Å². The second-order valence-corrected chi connectivity index (χ2v) is 2.28.